The van der Waals surface area contributed by atoms with Crippen molar-refractivity contribution in [3.63, 3.8) is 0 Å². The van der Waals surface area contributed by atoms with Crippen LogP contribution in [0.25, 0.3) is 27.7 Å². The average molecular weight is 433 g/mol. The number of hydrogen-bond acceptors (Lipinski definition) is 6. The normalized spacial score (nSPS) is 11.1. The van der Waals surface area contributed by atoms with Crippen molar-refractivity contribution in [2.24, 2.45) is 0 Å². The van der Waals surface area contributed by atoms with Crippen LogP contribution in [0.4, 0.5) is 4.39 Å². The Morgan fingerprint density at radius 1 is 1.10 bits per heavy atom. The predicted molar refractivity (Wildman–Crippen MR) is 114 cm³/mol. The molecule has 0 unspecified atom stereocenters. The smallest absolute Gasteiger partial charge is 0.273 e. The van der Waals surface area contributed by atoms with E-state index >= 15 is 0 Å². The zero-order valence-corrected chi connectivity index (χ0v) is 17.0. The highest BCUT2D eigenvalue weighted by atomic mass is 32.1. The minimum atomic E-state index is -0.332. The molecule has 0 bridgehead atoms. The minimum absolute atomic E-state index is 0.225. The quantitative estimate of drug-likeness (QED) is 0.433. The number of benzene rings is 2. The third kappa shape index (κ3) is 3.95. The van der Waals surface area contributed by atoms with Gasteiger partial charge in [0.05, 0.1) is 5.69 Å². The molecule has 1 N–H and O–H groups in total. The average Bonchev–Trinajstić information content (AvgIpc) is 3.51. The summed E-state index contributed by atoms with van der Waals surface area (Å²) in [6, 6.07) is 17.3. The van der Waals surface area contributed by atoms with Gasteiger partial charge in [0.1, 0.15) is 5.82 Å². The Hall–Kier alpha value is -3.85. The van der Waals surface area contributed by atoms with Gasteiger partial charge in [-0.05, 0) is 12.1 Å². The van der Waals surface area contributed by atoms with Crippen LogP contribution in [0.15, 0.2) is 70.6 Å². The summed E-state index contributed by atoms with van der Waals surface area (Å²) in [7, 11) is 0. The summed E-state index contributed by atoms with van der Waals surface area (Å²) in [6.45, 7) is 0.396. The number of carbonyl (C=O) groups is 1. The van der Waals surface area contributed by atoms with Crippen molar-refractivity contribution in [3.05, 3.63) is 83.2 Å². The van der Waals surface area contributed by atoms with E-state index in [1.807, 2.05) is 35.7 Å². The molecule has 9 heteroatoms. The summed E-state index contributed by atoms with van der Waals surface area (Å²) in [5.41, 5.74) is 2.61. The fourth-order valence-electron chi connectivity index (χ4n) is 3.16. The van der Waals surface area contributed by atoms with Gasteiger partial charge in [0.2, 0.25) is 4.96 Å². The summed E-state index contributed by atoms with van der Waals surface area (Å²) < 4.78 is 20.5. The molecule has 7 nitrogen and oxygen atoms in total. The number of fused-ring (bicyclic) bond motifs is 1. The van der Waals surface area contributed by atoms with Crippen LogP contribution in [0, 0.1) is 5.82 Å². The van der Waals surface area contributed by atoms with Gasteiger partial charge in [0.15, 0.2) is 17.3 Å². The van der Waals surface area contributed by atoms with E-state index in [0.717, 1.165) is 11.3 Å². The molecule has 0 aliphatic carbocycles. The van der Waals surface area contributed by atoms with Gasteiger partial charge in [-0.15, -0.1) is 16.4 Å². The molecule has 0 aliphatic heterocycles. The first-order valence-electron chi connectivity index (χ1n) is 9.57. The number of nitrogens with zero attached hydrogens (tertiary/aromatic N) is 4. The van der Waals surface area contributed by atoms with Crippen LogP contribution in [0.5, 0.6) is 0 Å². The zero-order chi connectivity index (χ0) is 21.2. The van der Waals surface area contributed by atoms with Gasteiger partial charge in [0.25, 0.3) is 5.91 Å². The number of thiazole rings is 1. The second-order valence-electron chi connectivity index (χ2n) is 6.82. The maximum atomic E-state index is 13.5. The lowest BCUT2D eigenvalue weighted by Crippen LogP contribution is -2.26. The molecule has 5 aromatic rings. The van der Waals surface area contributed by atoms with Crippen molar-refractivity contribution in [1.82, 2.24) is 25.1 Å². The lowest BCUT2D eigenvalue weighted by Gasteiger charge is -2.01. The summed E-state index contributed by atoms with van der Waals surface area (Å²) >= 11 is 1.45. The summed E-state index contributed by atoms with van der Waals surface area (Å²) in [6.07, 6.45) is 0.557. The highest BCUT2D eigenvalue weighted by Crippen LogP contribution is 2.22. The molecule has 2 aromatic carbocycles. The Bertz CT molecular complexity index is 1360. The predicted octanol–water partition coefficient (Wildman–Crippen LogP) is 4.22. The molecule has 0 saturated carbocycles. The molecule has 0 atom stereocenters. The van der Waals surface area contributed by atoms with Gasteiger partial charge >= 0.3 is 0 Å². The molecule has 0 fully saturated rings. The molecule has 154 valence electrons. The molecule has 5 rings (SSSR count). The number of hydrogen-bond donors (Lipinski definition) is 1. The molecular formula is C22H16FN5O2S. The van der Waals surface area contributed by atoms with Crippen LogP contribution < -0.4 is 5.32 Å². The SMILES string of the molecule is O=C(NCCc1csc2nc(-c3cccc(F)c3)nn12)c1cc(-c2ccccc2)on1. The van der Waals surface area contributed by atoms with E-state index < -0.39 is 0 Å². The number of halogens is 1. The highest BCUT2D eigenvalue weighted by Gasteiger charge is 2.15. The molecule has 0 radical (unpaired) electrons. The third-order valence-electron chi connectivity index (χ3n) is 4.70. The van der Waals surface area contributed by atoms with Crippen molar-refractivity contribution < 1.29 is 13.7 Å². The topological polar surface area (TPSA) is 85.3 Å². The maximum Gasteiger partial charge on any atom is 0.273 e. The van der Waals surface area contributed by atoms with E-state index in [-0.39, 0.29) is 17.4 Å². The maximum absolute atomic E-state index is 13.5. The van der Waals surface area contributed by atoms with E-state index in [0.29, 0.717) is 35.1 Å². The van der Waals surface area contributed by atoms with E-state index in [1.54, 1.807) is 22.7 Å². The van der Waals surface area contributed by atoms with Crippen molar-refractivity contribution >= 4 is 22.2 Å². The van der Waals surface area contributed by atoms with Gasteiger partial charge in [-0.25, -0.2) is 8.91 Å². The summed E-state index contributed by atoms with van der Waals surface area (Å²) in [5, 5.41) is 13.1. The third-order valence-corrected chi connectivity index (χ3v) is 5.57. The van der Waals surface area contributed by atoms with Crippen LogP contribution in [-0.2, 0) is 6.42 Å². The number of nitrogens with one attached hydrogen (secondary N) is 1. The zero-order valence-electron chi connectivity index (χ0n) is 16.2. The second kappa shape index (κ2) is 8.11. The van der Waals surface area contributed by atoms with E-state index in [2.05, 4.69) is 20.6 Å². The molecule has 0 aliphatic rings. The van der Waals surface area contributed by atoms with Gasteiger partial charge in [-0.1, -0.05) is 47.6 Å². The molecule has 3 heterocycles. The standard InChI is InChI=1S/C22H16FN5O2S/c23-16-8-4-7-15(11-16)20-25-22-28(26-20)17(13-31-22)9-10-24-21(29)18-12-19(30-27-18)14-5-2-1-3-6-14/h1-8,11-13H,9-10H2,(H,24,29). The number of carbonyl (C=O) groups excluding carboxylic acids is 1. The minimum Gasteiger partial charge on any atom is -0.355 e. The molecule has 0 spiro atoms. The van der Waals surface area contributed by atoms with E-state index in [4.69, 9.17) is 4.52 Å². The Kier molecular flexibility index (Phi) is 5.01. The molecular weight excluding hydrogens is 417 g/mol. The van der Waals surface area contributed by atoms with Crippen LogP contribution in [0.2, 0.25) is 0 Å². The lowest BCUT2D eigenvalue weighted by molar-refractivity contribution is 0.0945. The number of amides is 1. The number of aromatic nitrogens is 4. The molecule has 31 heavy (non-hydrogen) atoms. The first-order valence-corrected chi connectivity index (χ1v) is 10.4. The summed E-state index contributed by atoms with van der Waals surface area (Å²) in [4.78, 5) is 17.6. The van der Waals surface area contributed by atoms with Gasteiger partial charge in [0, 0.05) is 35.5 Å². The fourth-order valence-corrected chi connectivity index (χ4v) is 4.02. The van der Waals surface area contributed by atoms with Gasteiger partial charge in [-0.3, -0.25) is 4.79 Å². The lowest BCUT2D eigenvalue weighted by atomic mass is 10.1. The van der Waals surface area contributed by atoms with E-state index in [9.17, 15) is 9.18 Å². The van der Waals surface area contributed by atoms with Crippen molar-refractivity contribution in [2.45, 2.75) is 6.42 Å². The summed E-state index contributed by atoms with van der Waals surface area (Å²) in [5.74, 6) is 0.365. The Morgan fingerprint density at radius 3 is 2.77 bits per heavy atom. The van der Waals surface area contributed by atoms with Crippen LogP contribution >= 0.6 is 11.3 Å². The van der Waals surface area contributed by atoms with E-state index in [1.165, 1.54) is 23.5 Å². The van der Waals surface area contributed by atoms with Crippen LogP contribution in [0.3, 0.4) is 0 Å². The van der Waals surface area contributed by atoms with Gasteiger partial charge < -0.3 is 9.84 Å². The first kappa shape index (κ1) is 19.1. The van der Waals surface area contributed by atoms with Crippen molar-refractivity contribution in [2.75, 3.05) is 6.54 Å². The molecule has 1 amide bonds. The van der Waals surface area contributed by atoms with Crippen LogP contribution in [-0.4, -0.2) is 32.2 Å². The van der Waals surface area contributed by atoms with Gasteiger partial charge in [-0.2, -0.15) is 4.98 Å². The Labute approximate surface area is 180 Å². The van der Waals surface area contributed by atoms with Crippen LogP contribution in [0.1, 0.15) is 16.2 Å². The highest BCUT2D eigenvalue weighted by molar-refractivity contribution is 7.15. The first-order chi connectivity index (χ1) is 15.2. The Balaban J connectivity index is 1.24. The second-order valence-corrected chi connectivity index (χ2v) is 7.65. The molecule has 0 saturated heterocycles. The monoisotopic (exact) mass is 433 g/mol. The fraction of sp³-hybridized carbons (Fsp3) is 0.0909. The Morgan fingerprint density at radius 2 is 1.94 bits per heavy atom. The number of rotatable bonds is 6. The largest absolute Gasteiger partial charge is 0.355 e. The van der Waals surface area contributed by atoms with Crippen molar-refractivity contribution in [3.8, 4) is 22.7 Å². The molecule has 3 aromatic heterocycles. The van der Waals surface area contributed by atoms with Crippen molar-refractivity contribution in [1.29, 1.82) is 0 Å².